The number of rotatable bonds is 5. The molecule has 0 unspecified atom stereocenters. The quantitative estimate of drug-likeness (QED) is 0.409. The maximum Gasteiger partial charge on any atom is 0.416 e. The smallest absolute Gasteiger partial charge is 0.416 e. The van der Waals surface area contributed by atoms with E-state index in [9.17, 15) is 27.9 Å². The van der Waals surface area contributed by atoms with Gasteiger partial charge in [0.05, 0.1) is 5.56 Å². The highest BCUT2D eigenvalue weighted by Crippen LogP contribution is 2.30. The number of alkyl halides is 3. The molecule has 0 aliphatic rings. The van der Waals surface area contributed by atoms with Gasteiger partial charge in [-0.05, 0) is 57.4 Å². The highest BCUT2D eigenvalue weighted by atomic mass is 19.4. The minimum atomic E-state index is -4.52. The summed E-state index contributed by atoms with van der Waals surface area (Å²) in [6.07, 6.45) is -4.50. The zero-order valence-corrected chi connectivity index (χ0v) is 16.7. The average Bonchev–Trinajstić information content (AvgIpc) is 2.77. The monoisotopic (exact) mass is 437 g/mol. The summed E-state index contributed by atoms with van der Waals surface area (Å²) >= 11 is 0. The van der Waals surface area contributed by atoms with Gasteiger partial charge >= 0.3 is 12.1 Å². The van der Waals surface area contributed by atoms with E-state index in [0.717, 1.165) is 51.4 Å². The third-order valence-electron chi connectivity index (χ3n) is 5.37. The van der Waals surface area contributed by atoms with Gasteiger partial charge in [0.25, 0.3) is 5.91 Å². The number of carbonyl (C=O) groups is 2. The minimum absolute atomic E-state index is 0.0174. The molecule has 0 heterocycles. The van der Waals surface area contributed by atoms with Gasteiger partial charge in [-0.1, -0.05) is 48.5 Å². The molecular formula is C25H18F3NO3. The van der Waals surface area contributed by atoms with Crippen LogP contribution < -0.4 is 5.32 Å². The number of fused-ring (bicyclic) bond motifs is 2. The van der Waals surface area contributed by atoms with Crippen LogP contribution in [0.2, 0.25) is 0 Å². The Morgan fingerprint density at radius 2 is 1.38 bits per heavy atom. The van der Waals surface area contributed by atoms with Gasteiger partial charge in [0.15, 0.2) is 0 Å². The number of halogens is 3. The predicted molar refractivity (Wildman–Crippen MR) is 115 cm³/mol. The van der Waals surface area contributed by atoms with Crippen molar-refractivity contribution in [2.45, 2.75) is 18.6 Å². The summed E-state index contributed by atoms with van der Waals surface area (Å²) in [4.78, 5) is 24.5. The van der Waals surface area contributed by atoms with Crippen molar-refractivity contribution in [2.75, 3.05) is 0 Å². The van der Waals surface area contributed by atoms with E-state index in [1.54, 1.807) is 0 Å². The lowest BCUT2D eigenvalue weighted by Gasteiger charge is -2.18. The van der Waals surface area contributed by atoms with E-state index in [2.05, 4.69) is 5.32 Å². The van der Waals surface area contributed by atoms with Crippen LogP contribution in [0.3, 0.4) is 0 Å². The van der Waals surface area contributed by atoms with E-state index >= 15 is 0 Å². The van der Waals surface area contributed by atoms with Gasteiger partial charge in [0.2, 0.25) is 0 Å². The second-order valence-electron chi connectivity index (χ2n) is 7.44. The largest absolute Gasteiger partial charge is 0.480 e. The Bertz CT molecular complexity index is 1260. The van der Waals surface area contributed by atoms with Crippen LogP contribution in [-0.4, -0.2) is 23.0 Å². The number of aliphatic carboxylic acids is 1. The molecule has 32 heavy (non-hydrogen) atoms. The average molecular weight is 437 g/mol. The highest BCUT2D eigenvalue weighted by molar-refractivity contribution is 6.03. The number of carboxylic acids is 1. The van der Waals surface area contributed by atoms with Gasteiger partial charge in [0.1, 0.15) is 6.04 Å². The molecule has 4 aromatic carbocycles. The summed E-state index contributed by atoms with van der Waals surface area (Å²) in [5.74, 6) is -1.99. The van der Waals surface area contributed by atoms with Gasteiger partial charge in [-0.15, -0.1) is 0 Å². The maximum atomic E-state index is 12.8. The van der Waals surface area contributed by atoms with E-state index in [1.165, 1.54) is 0 Å². The Balaban J connectivity index is 1.66. The van der Waals surface area contributed by atoms with Crippen molar-refractivity contribution < 1.29 is 27.9 Å². The molecular weight excluding hydrogens is 419 g/mol. The van der Waals surface area contributed by atoms with E-state index in [0.29, 0.717) is 0 Å². The Morgan fingerprint density at radius 1 is 0.844 bits per heavy atom. The topological polar surface area (TPSA) is 66.4 Å². The maximum absolute atomic E-state index is 12.8. The van der Waals surface area contributed by atoms with Gasteiger partial charge in [0, 0.05) is 12.0 Å². The number of nitrogens with one attached hydrogen (secondary N) is 1. The first-order valence-electron chi connectivity index (χ1n) is 9.84. The Labute approximate surface area is 181 Å². The number of amides is 1. The van der Waals surface area contributed by atoms with Crippen LogP contribution in [0.5, 0.6) is 0 Å². The van der Waals surface area contributed by atoms with Crippen LogP contribution in [0.4, 0.5) is 13.2 Å². The first-order valence-corrected chi connectivity index (χ1v) is 9.84. The van der Waals surface area contributed by atoms with Crippen molar-refractivity contribution in [3.63, 3.8) is 0 Å². The van der Waals surface area contributed by atoms with E-state index in [-0.39, 0.29) is 12.0 Å². The van der Waals surface area contributed by atoms with E-state index in [1.807, 2.05) is 54.6 Å². The lowest BCUT2D eigenvalue weighted by atomic mass is 9.92. The second-order valence-corrected chi connectivity index (χ2v) is 7.44. The van der Waals surface area contributed by atoms with Crippen LogP contribution in [0.15, 0.2) is 78.9 Å². The van der Waals surface area contributed by atoms with Gasteiger partial charge in [-0.3, -0.25) is 4.79 Å². The third-order valence-corrected chi connectivity index (χ3v) is 5.37. The fourth-order valence-corrected chi connectivity index (χ4v) is 3.78. The molecule has 1 amide bonds. The van der Waals surface area contributed by atoms with Gasteiger partial charge < -0.3 is 10.4 Å². The fourth-order valence-electron chi connectivity index (χ4n) is 3.78. The van der Waals surface area contributed by atoms with Crippen molar-refractivity contribution in [3.8, 4) is 0 Å². The molecule has 0 fully saturated rings. The summed E-state index contributed by atoms with van der Waals surface area (Å²) in [5.41, 5.74) is -0.156. The van der Waals surface area contributed by atoms with Crippen LogP contribution in [-0.2, 0) is 17.4 Å². The third kappa shape index (κ3) is 4.27. The van der Waals surface area contributed by atoms with Crippen LogP contribution >= 0.6 is 0 Å². The molecule has 162 valence electrons. The number of benzene rings is 4. The molecule has 4 nitrogen and oxygen atoms in total. The molecule has 0 spiro atoms. The summed E-state index contributed by atoms with van der Waals surface area (Å²) in [6.45, 7) is 0. The molecule has 0 radical (unpaired) electrons. The highest BCUT2D eigenvalue weighted by Gasteiger charge is 2.30. The summed E-state index contributed by atoms with van der Waals surface area (Å²) in [6, 6.07) is 19.6. The minimum Gasteiger partial charge on any atom is -0.480 e. The Morgan fingerprint density at radius 3 is 1.88 bits per heavy atom. The van der Waals surface area contributed by atoms with Gasteiger partial charge in [-0.2, -0.15) is 13.2 Å². The van der Waals surface area contributed by atoms with Crippen molar-refractivity contribution >= 4 is 33.4 Å². The molecule has 2 N–H and O–H groups in total. The zero-order valence-electron chi connectivity index (χ0n) is 16.7. The Hall–Kier alpha value is -3.87. The van der Waals surface area contributed by atoms with Crippen molar-refractivity contribution in [2.24, 2.45) is 0 Å². The number of carbonyl (C=O) groups excluding carboxylic acids is 1. The molecule has 4 rings (SSSR count). The molecule has 7 heteroatoms. The lowest BCUT2D eigenvalue weighted by molar-refractivity contribution is -0.139. The van der Waals surface area contributed by atoms with Gasteiger partial charge in [-0.25, -0.2) is 4.79 Å². The van der Waals surface area contributed by atoms with Crippen LogP contribution in [0.25, 0.3) is 21.5 Å². The molecule has 0 saturated carbocycles. The van der Waals surface area contributed by atoms with Crippen LogP contribution in [0.1, 0.15) is 21.5 Å². The molecule has 4 aromatic rings. The predicted octanol–water partition coefficient (Wildman–Crippen LogP) is 5.44. The SMILES string of the molecule is O=C(N[C@@H](Cc1c2ccccc2cc2ccccc12)C(=O)O)c1ccc(C(F)(F)F)cc1. The standard InChI is InChI=1S/C25H18F3NO3/c26-25(27,28)18-11-9-15(10-12-18)23(30)29-22(24(31)32)14-21-19-7-3-1-5-16(19)13-17-6-2-4-8-20(17)21/h1-13,22H,14H2,(H,29,30)(H,31,32)/t22-/m0/s1. The Kier molecular flexibility index (Phi) is 5.57. The lowest BCUT2D eigenvalue weighted by Crippen LogP contribution is -2.42. The first-order chi connectivity index (χ1) is 15.2. The molecule has 0 aliphatic carbocycles. The first kappa shape index (κ1) is 21.4. The molecule has 0 bridgehead atoms. The summed E-state index contributed by atoms with van der Waals surface area (Å²) in [7, 11) is 0. The molecule has 0 aromatic heterocycles. The van der Waals surface area contributed by atoms with Crippen molar-refractivity contribution in [1.29, 1.82) is 0 Å². The number of hydrogen-bond donors (Lipinski definition) is 2. The molecule has 1 atom stereocenters. The van der Waals surface area contributed by atoms with E-state index in [4.69, 9.17) is 0 Å². The zero-order chi connectivity index (χ0) is 22.9. The molecule has 0 saturated heterocycles. The summed E-state index contributed by atoms with van der Waals surface area (Å²) < 4.78 is 38.3. The number of hydrogen-bond acceptors (Lipinski definition) is 2. The molecule has 0 aliphatic heterocycles. The summed E-state index contributed by atoms with van der Waals surface area (Å²) in [5, 5.41) is 15.9. The van der Waals surface area contributed by atoms with Crippen molar-refractivity contribution in [1.82, 2.24) is 5.32 Å². The van der Waals surface area contributed by atoms with Crippen molar-refractivity contribution in [3.05, 3.63) is 95.6 Å². The van der Waals surface area contributed by atoms with E-state index < -0.39 is 29.7 Å². The normalized spacial score (nSPS) is 12.6. The number of carboxylic acid groups (broad SMARTS) is 1. The van der Waals surface area contributed by atoms with Crippen LogP contribution in [0, 0.1) is 0 Å². The second kappa shape index (κ2) is 8.34. The fraction of sp³-hybridized carbons (Fsp3) is 0.120.